The Balaban J connectivity index is 1.19. The van der Waals surface area contributed by atoms with Gasteiger partial charge in [0.2, 0.25) is 11.8 Å². The minimum atomic E-state index is -0.692. The van der Waals surface area contributed by atoms with Crippen molar-refractivity contribution in [3.05, 3.63) is 59.2 Å². The molecule has 8 heteroatoms. The third-order valence-corrected chi connectivity index (χ3v) is 7.27. The van der Waals surface area contributed by atoms with Crippen LogP contribution < -0.4 is 20.1 Å². The van der Waals surface area contributed by atoms with Crippen molar-refractivity contribution in [2.45, 2.75) is 69.7 Å². The third kappa shape index (κ3) is 4.90. The van der Waals surface area contributed by atoms with Crippen LogP contribution in [0.5, 0.6) is 11.5 Å². The van der Waals surface area contributed by atoms with Crippen LogP contribution in [0.3, 0.4) is 0 Å². The van der Waals surface area contributed by atoms with E-state index in [1.54, 1.807) is 24.1 Å². The van der Waals surface area contributed by atoms with Crippen molar-refractivity contribution >= 4 is 17.7 Å². The molecule has 190 valence electrons. The van der Waals surface area contributed by atoms with E-state index in [0.29, 0.717) is 22.6 Å². The van der Waals surface area contributed by atoms with Gasteiger partial charge in [0.1, 0.15) is 6.04 Å². The molecule has 1 aliphatic heterocycles. The highest BCUT2D eigenvalue weighted by Crippen LogP contribution is 2.42. The average molecular weight is 492 g/mol. The second-order valence-electron chi connectivity index (χ2n) is 9.88. The summed E-state index contributed by atoms with van der Waals surface area (Å²) in [5.41, 5.74) is 2.14. The van der Waals surface area contributed by atoms with E-state index < -0.39 is 6.04 Å². The number of carbonyl (C=O) groups excluding carboxylic acids is 3. The average Bonchev–Trinajstić information content (AvgIpc) is 3.51. The Labute approximate surface area is 211 Å². The molecule has 2 aromatic rings. The summed E-state index contributed by atoms with van der Waals surface area (Å²) in [5.74, 6) is 0.597. The highest BCUT2D eigenvalue weighted by Gasteiger charge is 2.47. The molecule has 5 rings (SSSR count). The molecule has 3 amide bonds. The van der Waals surface area contributed by atoms with E-state index in [2.05, 4.69) is 10.6 Å². The van der Waals surface area contributed by atoms with Gasteiger partial charge in [-0.15, -0.1) is 0 Å². The van der Waals surface area contributed by atoms with Crippen LogP contribution in [-0.2, 0) is 9.59 Å². The van der Waals surface area contributed by atoms with Crippen LogP contribution in [0.4, 0.5) is 0 Å². The summed E-state index contributed by atoms with van der Waals surface area (Å²) in [6.45, 7) is 1.71. The Hall–Kier alpha value is -3.55. The standard InChI is InChI=1S/C28H33N3O5/c1-17(18-11-14-23(24(15-18)35-2)36-20-7-3-4-8-20)30-25(32)16-29-27(33)26-21-9-5-6-10-22(21)28(34)31(26)19-12-13-19/h5-6,9-11,14-15,17,19-20,26H,3-4,7-8,12-13,16H2,1-2H3,(H,29,33)(H,30,32). The van der Waals surface area contributed by atoms with Crippen molar-refractivity contribution < 1.29 is 23.9 Å². The lowest BCUT2D eigenvalue weighted by Gasteiger charge is -2.24. The minimum Gasteiger partial charge on any atom is -0.493 e. The molecule has 2 unspecified atom stereocenters. The molecule has 2 atom stereocenters. The van der Waals surface area contributed by atoms with E-state index >= 15 is 0 Å². The number of nitrogens with zero attached hydrogens (tertiary/aromatic N) is 1. The number of carbonyl (C=O) groups is 3. The first-order valence-electron chi connectivity index (χ1n) is 12.8. The minimum absolute atomic E-state index is 0.0881. The van der Waals surface area contributed by atoms with Crippen molar-refractivity contribution in [1.82, 2.24) is 15.5 Å². The fourth-order valence-electron chi connectivity index (χ4n) is 5.21. The number of nitrogens with one attached hydrogen (secondary N) is 2. The van der Waals surface area contributed by atoms with Gasteiger partial charge in [-0.2, -0.15) is 0 Å². The summed E-state index contributed by atoms with van der Waals surface area (Å²) in [4.78, 5) is 40.3. The second-order valence-corrected chi connectivity index (χ2v) is 9.88. The van der Waals surface area contributed by atoms with E-state index in [4.69, 9.17) is 9.47 Å². The van der Waals surface area contributed by atoms with Crippen LogP contribution in [0.1, 0.15) is 79.0 Å². The first-order chi connectivity index (χ1) is 17.5. The highest BCUT2D eigenvalue weighted by molar-refractivity contribution is 6.05. The summed E-state index contributed by atoms with van der Waals surface area (Å²) in [5, 5.41) is 5.67. The molecule has 36 heavy (non-hydrogen) atoms. The zero-order valence-electron chi connectivity index (χ0n) is 20.8. The first kappa shape index (κ1) is 24.2. The van der Waals surface area contributed by atoms with Crippen LogP contribution in [-0.4, -0.2) is 48.4 Å². The number of benzene rings is 2. The van der Waals surface area contributed by atoms with Crippen LogP contribution in [0.2, 0.25) is 0 Å². The smallest absolute Gasteiger partial charge is 0.255 e. The molecule has 0 saturated heterocycles. The number of hydrogen-bond donors (Lipinski definition) is 2. The fourth-order valence-corrected chi connectivity index (χ4v) is 5.21. The van der Waals surface area contributed by atoms with Crippen molar-refractivity contribution in [3.8, 4) is 11.5 Å². The third-order valence-electron chi connectivity index (χ3n) is 7.27. The van der Waals surface area contributed by atoms with E-state index in [1.165, 1.54) is 12.8 Å². The van der Waals surface area contributed by atoms with Gasteiger partial charge in [-0.05, 0) is 74.8 Å². The van der Waals surface area contributed by atoms with Gasteiger partial charge in [-0.3, -0.25) is 14.4 Å². The summed E-state index contributed by atoms with van der Waals surface area (Å²) in [7, 11) is 1.61. The molecular weight excluding hydrogens is 458 g/mol. The fraction of sp³-hybridized carbons (Fsp3) is 0.464. The van der Waals surface area contributed by atoms with Gasteiger partial charge < -0.3 is 25.0 Å². The molecule has 0 bridgehead atoms. The second kappa shape index (κ2) is 10.2. The molecule has 2 aromatic carbocycles. The molecule has 2 N–H and O–H groups in total. The lowest BCUT2D eigenvalue weighted by Crippen LogP contribution is -2.44. The van der Waals surface area contributed by atoms with Crippen LogP contribution in [0.15, 0.2) is 42.5 Å². The molecule has 0 aromatic heterocycles. The molecule has 2 fully saturated rings. The molecule has 0 spiro atoms. The molecule has 2 saturated carbocycles. The highest BCUT2D eigenvalue weighted by atomic mass is 16.5. The lowest BCUT2D eigenvalue weighted by atomic mass is 10.0. The van der Waals surface area contributed by atoms with Crippen molar-refractivity contribution in [2.75, 3.05) is 13.7 Å². The zero-order chi connectivity index (χ0) is 25.2. The number of ether oxygens (including phenoxy) is 2. The van der Waals surface area contributed by atoms with Crippen molar-refractivity contribution in [1.29, 1.82) is 0 Å². The van der Waals surface area contributed by atoms with Crippen molar-refractivity contribution in [3.63, 3.8) is 0 Å². The van der Waals surface area contributed by atoms with Gasteiger partial charge in [0.15, 0.2) is 11.5 Å². The number of hydrogen-bond acceptors (Lipinski definition) is 5. The Morgan fingerprint density at radius 3 is 2.53 bits per heavy atom. The number of amides is 3. The molecule has 8 nitrogen and oxygen atoms in total. The number of methoxy groups -OCH3 is 1. The quantitative estimate of drug-likeness (QED) is 0.558. The Morgan fingerprint density at radius 2 is 1.81 bits per heavy atom. The van der Waals surface area contributed by atoms with Gasteiger partial charge in [-0.25, -0.2) is 0 Å². The molecule has 2 aliphatic carbocycles. The summed E-state index contributed by atoms with van der Waals surface area (Å²) >= 11 is 0. The Bertz CT molecular complexity index is 1160. The monoisotopic (exact) mass is 491 g/mol. The van der Waals surface area contributed by atoms with Crippen LogP contribution in [0.25, 0.3) is 0 Å². The predicted octanol–water partition coefficient (Wildman–Crippen LogP) is 3.67. The van der Waals surface area contributed by atoms with Gasteiger partial charge in [0.25, 0.3) is 5.91 Å². The van der Waals surface area contributed by atoms with E-state index in [9.17, 15) is 14.4 Å². The van der Waals surface area contributed by atoms with E-state index in [0.717, 1.165) is 31.2 Å². The van der Waals surface area contributed by atoms with Crippen molar-refractivity contribution in [2.24, 2.45) is 0 Å². The van der Waals surface area contributed by atoms with Gasteiger partial charge >= 0.3 is 0 Å². The lowest BCUT2D eigenvalue weighted by molar-refractivity contribution is -0.129. The van der Waals surface area contributed by atoms with Gasteiger partial charge in [0, 0.05) is 11.6 Å². The summed E-state index contributed by atoms with van der Waals surface area (Å²) < 4.78 is 11.6. The number of rotatable bonds is 9. The number of fused-ring (bicyclic) bond motifs is 1. The SMILES string of the molecule is COc1cc(C(C)NC(=O)CNC(=O)C2c3ccccc3C(=O)N2C2CC2)ccc1OC1CCCC1. The van der Waals surface area contributed by atoms with Crippen LogP contribution >= 0.6 is 0 Å². The van der Waals surface area contributed by atoms with Crippen LogP contribution in [0, 0.1) is 0 Å². The molecule has 0 radical (unpaired) electrons. The largest absolute Gasteiger partial charge is 0.493 e. The normalized spacial score (nSPS) is 20.1. The molecular formula is C28H33N3O5. The summed E-state index contributed by atoms with van der Waals surface area (Å²) in [6, 6.07) is 12.0. The van der Waals surface area contributed by atoms with Gasteiger partial charge in [0.05, 0.1) is 25.8 Å². The summed E-state index contributed by atoms with van der Waals surface area (Å²) in [6.07, 6.45) is 6.51. The zero-order valence-corrected chi connectivity index (χ0v) is 20.8. The Kier molecular flexibility index (Phi) is 6.85. The first-order valence-corrected chi connectivity index (χ1v) is 12.8. The topological polar surface area (TPSA) is 97.0 Å². The maximum absolute atomic E-state index is 13.1. The maximum Gasteiger partial charge on any atom is 0.255 e. The maximum atomic E-state index is 13.1. The molecule has 3 aliphatic rings. The molecule has 1 heterocycles. The van der Waals surface area contributed by atoms with E-state index in [-0.39, 0.29) is 42.5 Å². The van der Waals surface area contributed by atoms with Gasteiger partial charge in [-0.1, -0.05) is 24.3 Å². The van der Waals surface area contributed by atoms with E-state index in [1.807, 2.05) is 37.3 Å². The predicted molar refractivity (Wildman–Crippen MR) is 134 cm³/mol. The Morgan fingerprint density at radius 1 is 1.06 bits per heavy atom.